The van der Waals surface area contributed by atoms with Gasteiger partial charge >= 0.3 is 0 Å². The van der Waals surface area contributed by atoms with Crippen molar-refractivity contribution in [2.75, 3.05) is 5.32 Å². The van der Waals surface area contributed by atoms with E-state index in [1.807, 2.05) is 60.7 Å². The van der Waals surface area contributed by atoms with Gasteiger partial charge in [0.1, 0.15) is 10.6 Å². The first-order valence-electron chi connectivity index (χ1n) is 9.75. The summed E-state index contributed by atoms with van der Waals surface area (Å²) in [5.41, 5.74) is 3.14. The van der Waals surface area contributed by atoms with Crippen molar-refractivity contribution in [3.05, 3.63) is 99.9 Å². The number of hydrogen-bond donors (Lipinski definition) is 2. The molecule has 5 nitrogen and oxygen atoms in total. The largest absolute Gasteiger partial charge is 0.506 e. The Balaban J connectivity index is 1.70. The van der Waals surface area contributed by atoms with Crippen LogP contribution in [0.1, 0.15) is 37.5 Å². The summed E-state index contributed by atoms with van der Waals surface area (Å²) >= 11 is 1.32. The first-order valence-corrected chi connectivity index (χ1v) is 10.6. The molecule has 0 aliphatic rings. The number of Topliss-reactive ketones (excluding diaryl/α,β-unsaturated/α-hetero) is 1. The summed E-state index contributed by atoms with van der Waals surface area (Å²) in [6, 6.07) is 23.9. The van der Waals surface area contributed by atoms with Gasteiger partial charge in [-0.15, -0.1) is 11.3 Å². The van der Waals surface area contributed by atoms with Gasteiger partial charge in [-0.25, -0.2) is 4.98 Å². The van der Waals surface area contributed by atoms with Gasteiger partial charge in [0.05, 0.1) is 16.4 Å². The molecule has 1 amide bonds. The van der Waals surface area contributed by atoms with E-state index in [0.29, 0.717) is 22.6 Å². The Labute approximate surface area is 184 Å². The number of phenols is 1. The summed E-state index contributed by atoms with van der Waals surface area (Å²) in [6.45, 7) is 1.44. The minimum atomic E-state index is -0.383. The lowest BCUT2D eigenvalue weighted by Gasteiger charge is -2.08. The molecule has 0 unspecified atom stereocenters. The van der Waals surface area contributed by atoms with Crippen LogP contribution in [0.25, 0.3) is 11.3 Å². The first kappa shape index (κ1) is 20.5. The van der Waals surface area contributed by atoms with Crippen LogP contribution in [0.5, 0.6) is 5.75 Å². The number of ketones is 1. The summed E-state index contributed by atoms with van der Waals surface area (Å²) in [6.07, 6.45) is 0.615. The van der Waals surface area contributed by atoms with E-state index in [1.165, 1.54) is 36.5 Å². The number of anilines is 1. The molecule has 0 saturated carbocycles. The Kier molecular flexibility index (Phi) is 5.91. The fraction of sp³-hybridized carbons (Fsp3) is 0.0800. The van der Waals surface area contributed by atoms with Crippen LogP contribution in [0.2, 0.25) is 0 Å². The summed E-state index contributed by atoms with van der Waals surface area (Å²) in [7, 11) is 0. The van der Waals surface area contributed by atoms with Gasteiger partial charge in [-0.1, -0.05) is 60.7 Å². The van der Waals surface area contributed by atoms with E-state index >= 15 is 0 Å². The minimum Gasteiger partial charge on any atom is -0.506 e. The second kappa shape index (κ2) is 8.93. The number of hydrogen-bond acceptors (Lipinski definition) is 5. The maximum atomic E-state index is 13.2. The van der Waals surface area contributed by atoms with Gasteiger partial charge in [0, 0.05) is 17.5 Å². The molecule has 1 heterocycles. The van der Waals surface area contributed by atoms with Gasteiger partial charge in [-0.2, -0.15) is 0 Å². The molecule has 0 bridgehead atoms. The Morgan fingerprint density at radius 1 is 0.968 bits per heavy atom. The smallest absolute Gasteiger partial charge is 0.268 e. The average molecular weight is 429 g/mol. The van der Waals surface area contributed by atoms with Crippen molar-refractivity contribution in [1.29, 1.82) is 0 Å². The summed E-state index contributed by atoms with van der Waals surface area (Å²) in [5, 5.41) is 13.7. The number of amides is 1. The maximum Gasteiger partial charge on any atom is 0.268 e. The SMILES string of the molecule is CC(=O)c1ccc(O)c(NC(=O)c2sc(Cc3ccccc3)nc2-c2ccccc2)c1. The highest BCUT2D eigenvalue weighted by molar-refractivity contribution is 7.14. The molecule has 4 aromatic rings. The van der Waals surface area contributed by atoms with Crippen LogP contribution in [-0.4, -0.2) is 21.8 Å². The highest BCUT2D eigenvalue weighted by Crippen LogP contribution is 2.32. The number of rotatable bonds is 6. The molecule has 1 aromatic heterocycles. The van der Waals surface area contributed by atoms with Gasteiger partial charge in [0.15, 0.2) is 5.78 Å². The fourth-order valence-corrected chi connectivity index (χ4v) is 4.21. The number of carbonyl (C=O) groups excluding carboxylic acids is 2. The highest BCUT2D eigenvalue weighted by Gasteiger charge is 2.21. The molecule has 2 N–H and O–H groups in total. The lowest BCUT2D eigenvalue weighted by molar-refractivity contribution is 0.101. The molecule has 0 aliphatic heterocycles. The van der Waals surface area contributed by atoms with Crippen LogP contribution in [-0.2, 0) is 6.42 Å². The van der Waals surface area contributed by atoms with Crippen LogP contribution in [0.3, 0.4) is 0 Å². The molecule has 6 heteroatoms. The van der Waals surface area contributed by atoms with Crippen molar-refractivity contribution in [2.45, 2.75) is 13.3 Å². The number of aromatic nitrogens is 1. The monoisotopic (exact) mass is 428 g/mol. The molecule has 154 valence electrons. The van der Waals surface area contributed by atoms with Crippen molar-refractivity contribution in [3.8, 4) is 17.0 Å². The van der Waals surface area contributed by atoms with Gasteiger partial charge in [0.25, 0.3) is 5.91 Å². The minimum absolute atomic E-state index is 0.103. The van der Waals surface area contributed by atoms with Gasteiger partial charge in [-0.05, 0) is 30.7 Å². The number of nitrogens with zero attached hydrogens (tertiary/aromatic N) is 1. The zero-order valence-corrected chi connectivity index (χ0v) is 17.6. The maximum absolute atomic E-state index is 13.2. The molecule has 0 spiro atoms. The molecule has 4 rings (SSSR count). The second-order valence-electron chi connectivity index (χ2n) is 7.06. The molecular weight excluding hydrogens is 408 g/mol. The predicted molar refractivity (Wildman–Crippen MR) is 123 cm³/mol. The number of thiazole rings is 1. The van der Waals surface area contributed by atoms with Crippen LogP contribution < -0.4 is 5.32 Å². The zero-order chi connectivity index (χ0) is 21.8. The van der Waals surface area contributed by atoms with E-state index < -0.39 is 0 Å². The molecule has 0 radical (unpaired) electrons. The average Bonchev–Trinajstić information content (AvgIpc) is 3.20. The molecule has 0 fully saturated rings. The third-order valence-electron chi connectivity index (χ3n) is 4.77. The van der Waals surface area contributed by atoms with E-state index in [2.05, 4.69) is 5.32 Å². The lowest BCUT2D eigenvalue weighted by atomic mass is 10.1. The summed E-state index contributed by atoms with van der Waals surface area (Å²) < 4.78 is 0. The number of benzene rings is 3. The third-order valence-corrected chi connectivity index (χ3v) is 5.83. The topological polar surface area (TPSA) is 79.3 Å². The van der Waals surface area contributed by atoms with E-state index in [-0.39, 0.29) is 23.1 Å². The van der Waals surface area contributed by atoms with Gasteiger partial charge in [-0.3, -0.25) is 9.59 Å². The third kappa shape index (κ3) is 4.70. The Morgan fingerprint density at radius 3 is 2.32 bits per heavy atom. The Morgan fingerprint density at radius 2 is 1.65 bits per heavy atom. The summed E-state index contributed by atoms with van der Waals surface area (Å²) in [5.74, 6) is -0.635. The molecule has 3 aromatic carbocycles. The molecule has 31 heavy (non-hydrogen) atoms. The summed E-state index contributed by atoms with van der Waals surface area (Å²) in [4.78, 5) is 30.0. The van der Waals surface area contributed by atoms with Crippen molar-refractivity contribution in [1.82, 2.24) is 4.98 Å². The number of carbonyl (C=O) groups is 2. The van der Waals surface area contributed by atoms with Crippen molar-refractivity contribution in [2.24, 2.45) is 0 Å². The van der Waals surface area contributed by atoms with Gasteiger partial charge in [0.2, 0.25) is 0 Å². The van der Waals surface area contributed by atoms with E-state index in [1.54, 1.807) is 0 Å². The highest BCUT2D eigenvalue weighted by atomic mass is 32.1. The fourth-order valence-electron chi connectivity index (χ4n) is 3.19. The first-order chi connectivity index (χ1) is 15.0. The Bertz CT molecular complexity index is 1230. The van der Waals surface area contributed by atoms with E-state index in [9.17, 15) is 14.7 Å². The lowest BCUT2D eigenvalue weighted by Crippen LogP contribution is -2.12. The molecule has 0 atom stereocenters. The molecule has 0 aliphatic carbocycles. The van der Waals surface area contributed by atoms with Crippen molar-refractivity contribution in [3.63, 3.8) is 0 Å². The van der Waals surface area contributed by atoms with Crippen LogP contribution in [0.4, 0.5) is 5.69 Å². The second-order valence-corrected chi connectivity index (χ2v) is 8.14. The quantitative estimate of drug-likeness (QED) is 0.311. The zero-order valence-electron chi connectivity index (χ0n) is 16.8. The molecular formula is C25H20N2O3S. The number of nitrogens with one attached hydrogen (secondary N) is 1. The number of phenolic OH excluding ortho intramolecular Hbond substituents is 1. The standard InChI is InChI=1S/C25H20N2O3S/c1-16(28)19-12-13-21(29)20(15-19)26-25(30)24-23(18-10-6-3-7-11-18)27-22(31-24)14-17-8-4-2-5-9-17/h2-13,15,29H,14H2,1H3,(H,26,30). The van der Waals surface area contributed by atoms with Crippen molar-refractivity contribution >= 4 is 28.7 Å². The molecule has 0 saturated heterocycles. The Hall–Kier alpha value is -3.77. The van der Waals surface area contributed by atoms with Gasteiger partial charge < -0.3 is 10.4 Å². The van der Waals surface area contributed by atoms with Crippen LogP contribution in [0, 0.1) is 0 Å². The van der Waals surface area contributed by atoms with E-state index in [0.717, 1.165) is 16.1 Å². The number of aromatic hydroxyl groups is 1. The predicted octanol–water partition coefficient (Wildman–Crippen LogP) is 5.56. The van der Waals surface area contributed by atoms with Crippen molar-refractivity contribution < 1.29 is 14.7 Å². The normalized spacial score (nSPS) is 10.6. The van der Waals surface area contributed by atoms with Crippen LogP contribution >= 0.6 is 11.3 Å². The van der Waals surface area contributed by atoms with E-state index in [4.69, 9.17) is 4.98 Å². The van der Waals surface area contributed by atoms with Crippen LogP contribution in [0.15, 0.2) is 78.9 Å².